The average molecular weight is 395 g/mol. The van der Waals surface area contributed by atoms with Crippen molar-refractivity contribution in [2.24, 2.45) is 0 Å². The van der Waals surface area contributed by atoms with Crippen molar-refractivity contribution < 1.29 is 13.9 Å². The number of ether oxygens (including phenoxy) is 2. The Kier molecular flexibility index (Phi) is 5.48. The number of allylic oxidation sites excluding steroid dienone is 3. The molecular formula is C25H30O4. The van der Waals surface area contributed by atoms with Gasteiger partial charge in [-0.3, -0.25) is 0 Å². The van der Waals surface area contributed by atoms with Crippen molar-refractivity contribution in [1.29, 1.82) is 0 Å². The number of rotatable bonds is 6. The summed E-state index contributed by atoms with van der Waals surface area (Å²) in [5.41, 5.74) is 2.12. The molecule has 0 fully saturated rings. The van der Waals surface area contributed by atoms with E-state index in [1.54, 1.807) is 13.2 Å². The zero-order valence-electron chi connectivity index (χ0n) is 18.2. The Balaban J connectivity index is 2.39. The van der Waals surface area contributed by atoms with Crippen LogP contribution in [-0.4, -0.2) is 12.7 Å². The van der Waals surface area contributed by atoms with Gasteiger partial charge in [-0.05, 0) is 58.8 Å². The molecule has 0 amide bonds. The molecule has 4 heteroatoms. The number of methoxy groups -OCH3 is 1. The molecule has 1 aliphatic heterocycles. The van der Waals surface area contributed by atoms with Gasteiger partial charge in [-0.15, -0.1) is 6.58 Å². The minimum Gasteiger partial charge on any atom is -0.495 e. The largest absolute Gasteiger partial charge is 0.495 e. The molecule has 29 heavy (non-hydrogen) atoms. The van der Waals surface area contributed by atoms with E-state index in [-0.39, 0.29) is 0 Å². The summed E-state index contributed by atoms with van der Waals surface area (Å²) in [6.07, 6.45) is 9.87. The Labute approximate surface area is 172 Å². The molecule has 1 aromatic carbocycles. The second-order valence-corrected chi connectivity index (χ2v) is 8.63. The summed E-state index contributed by atoms with van der Waals surface area (Å²) in [6, 6.07) is 3.18. The highest BCUT2D eigenvalue weighted by atomic mass is 16.5. The van der Waals surface area contributed by atoms with Crippen LogP contribution in [0.25, 0.3) is 17.0 Å². The second kappa shape index (κ2) is 7.58. The maximum atomic E-state index is 12.2. The molecule has 3 rings (SSSR count). The quantitative estimate of drug-likeness (QED) is 0.434. The van der Waals surface area contributed by atoms with Gasteiger partial charge in [0.15, 0.2) is 0 Å². The van der Waals surface area contributed by atoms with Crippen LogP contribution in [0, 0.1) is 0 Å². The zero-order chi connectivity index (χ0) is 21.4. The minimum atomic E-state index is -0.489. The minimum absolute atomic E-state index is 0.401. The molecule has 1 aliphatic rings. The lowest BCUT2D eigenvalue weighted by atomic mass is 9.75. The van der Waals surface area contributed by atoms with E-state index in [0.29, 0.717) is 17.1 Å². The van der Waals surface area contributed by atoms with Gasteiger partial charge in [0, 0.05) is 17.0 Å². The zero-order valence-corrected chi connectivity index (χ0v) is 18.2. The first-order valence-corrected chi connectivity index (χ1v) is 9.95. The summed E-state index contributed by atoms with van der Waals surface area (Å²) in [4.78, 5) is 12.2. The van der Waals surface area contributed by atoms with E-state index in [4.69, 9.17) is 13.9 Å². The van der Waals surface area contributed by atoms with Gasteiger partial charge in [-0.2, -0.15) is 0 Å². The van der Waals surface area contributed by atoms with Crippen molar-refractivity contribution in [2.45, 2.75) is 58.5 Å². The predicted octanol–water partition coefficient (Wildman–Crippen LogP) is 6.18. The Morgan fingerprint density at radius 3 is 2.66 bits per heavy atom. The Morgan fingerprint density at radius 1 is 1.31 bits per heavy atom. The summed E-state index contributed by atoms with van der Waals surface area (Å²) < 4.78 is 17.9. The van der Waals surface area contributed by atoms with Gasteiger partial charge in [0.2, 0.25) is 0 Å². The van der Waals surface area contributed by atoms with Crippen LogP contribution in [0.2, 0.25) is 0 Å². The monoisotopic (exact) mass is 394 g/mol. The molecule has 0 aliphatic carbocycles. The lowest BCUT2D eigenvalue weighted by Gasteiger charge is -2.35. The summed E-state index contributed by atoms with van der Waals surface area (Å²) in [5.74, 6) is 1.33. The maximum absolute atomic E-state index is 12.2. The van der Waals surface area contributed by atoms with E-state index < -0.39 is 16.6 Å². The van der Waals surface area contributed by atoms with Crippen LogP contribution in [-0.2, 0) is 5.41 Å². The normalized spacial score (nSPS) is 16.5. The maximum Gasteiger partial charge on any atom is 0.336 e. The van der Waals surface area contributed by atoms with E-state index >= 15 is 0 Å². The molecule has 0 radical (unpaired) electrons. The Morgan fingerprint density at radius 2 is 2.03 bits per heavy atom. The fourth-order valence-corrected chi connectivity index (χ4v) is 3.83. The van der Waals surface area contributed by atoms with Crippen LogP contribution in [0.4, 0.5) is 0 Å². The van der Waals surface area contributed by atoms with Crippen molar-refractivity contribution in [3.05, 3.63) is 64.1 Å². The molecule has 0 saturated heterocycles. The van der Waals surface area contributed by atoms with Crippen molar-refractivity contribution in [1.82, 2.24) is 0 Å². The Bertz CT molecular complexity index is 1060. The van der Waals surface area contributed by atoms with Crippen molar-refractivity contribution in [3.8, 4) is 11.5 Å². The van der Waals surface area contributed by atoms with E-state index in [9.17, 15) is 4.79 Å². The molecular weight excluding hydrogens is 364 g/mol. The second-order valence-electron chi connectivity index (χ2n) is 8.63. The van der Waals surface area contributed by atoms with Crippen molar-refractivity contribution in [2.75, 3.05) is 7.11 Å². The SMILES string of the molecule is C=C[C@](C)(CCC=C(C)C)c1c2c(c(OC)c3ccc(=O)oc13)C=CC(C)(C)O2. The number of fused-ring (bicyclic) bond motifs is 2. The van der Waals surface area contributed by atoms with Gasteiger partial charge < -0.3 is 13.9 Å². The number of benzene rings is 1. The van der Waals surface area contributed by atoms with E-state index in [2.05, 4.69) is 33.4 Å². The summed E-state index contributed by atoms with van der Waals surface area (Å²) >= 11 is 0. The van der Waals surface area contributed by atoms with Crippen LogP contribution >= 0.6 is 0 Å². The van der Waals surface area contributed by atoms with Crippen LogP contribution in [0.15, 0.2) is 51.7 Å². The fraction of sp³-hybridized carbons (Fsp3) is 0.400. The molecule has 1 aromatic heterocycles. The van der Waals surface area contributed by atoms with Gasteiger partial charge in [-0.1, -0.05) is 24.6 Å². The van der Waals surface area contributed by atoms with Gasteiger partial charge in [0.1, 0.15) is 22.7 Å². The molecule has 2 heterocycles. The third kappa shape index (κ3) is 3.89. The molecule has 0 spiro atoms. The van der Waals surface area contributed by atoms with Crippen LogP contribution in [0.3, 0.4) is 0 Å². The first-order chi connectivity index (χ1) is 13.6. The van der Waals surface area contributed by atoms with E-state index in [1.807, 2.05) is 32.1 Å². The lowest BCUT2D eigenvalue weighted by Crippen LogP contribution is -2.31. The van der Waals surface area contributed by atoms with Gasteiger partial charge in [0.25, 0.3) is 0 Å². The highest BCUT2D eigenvalue weighted by Gasteiger charge is 2.37. The molecule has 0 unspecified atom stereocenters. The topological polar surface area (TPSA) is 48.7 Å². The summed E-state index contributed by atoms with van der Waals surface area (Å²) in [7, 11) is 1.62. The first-order valence-electron chi connectivity index (χ1n) is 9.95. The van der Waals surface area contributed by atoms with Gasteiger partial charge >= 0.3 is 5.63 Å². The summed E-state index contributed by atoms with van der Waals surface area (Å²) in [6.45, 7) is 14.4. The molecule has 2 aromatic rings. The fourth-order valence-electron chi connectivity index (χ4n) is 3.83. The van der Waals surface area contributed by atoms with Crippen LogP contribution in [0.1, 0.15) is 58.6 Å². The molecule has 154 valence electrons. The smallest absolute Gasteiger partial charge is 0.336 e. The van der Waals surface area contributed by atoms with Gasteiger partial charge in [-0.25, -0.2) is 4.79 Å². The van der Waals surface area contributed by atoms with Crippen molar-refractivity contribution >= 4 is 17.0 Å². The average Bonchev–Trinajstić information content (AvgIpc) is 2.64. The molecule has 0 bridgehead atoms. The number of hydrogen-bond acceptors (Lipinski definition) is 4. The number of hydrogen-bond donors (Lipinski definition) is 0. The lowest BCUT2D eigenvalue weighted by molar-refractivity contribution is 0.154. The van der Waals surface area contributed by atoms with Gasteiger partial charge in [0.05, 0.1) is 18.1 Å². The Hall–Kier alpha value is -2.75. The molecule has 1 atom stereocenters. The van der Waals surface area contributed by atoms with Crippen LogP contribution < -0.4 is 15.1 Å². The van der Waals surface area contributed by atoms with E-state index in [1.165, 1.54) is 11.6 Å². The summed E-state index contributed by atoms with van der Waals surface area (Å²) in [5, 5.41) is 0.754. The highest BCUT2D eigenvalue weighted by Crippen LogP contribution is 2.50. The van der Waals surface area contributed by atoms with Crippen LogP contribution in [0.5, 0.6) is 11.5 Å². The van der Waals surface area contributed by atoms with Crippen molar-refractivity contribution in [3.63, 3.8) is 0 Å². The molecule has 0 N–H and O–H groups in total. The highest BCUT2D eigenvalue weighted by molar-refractivity contribution is 5.95. The first kappa shape index (κ1) is 21.0. The molecule has 0 saturated carbocycles. The third-order valence-electron chi connectivity index (χ3n) is 5.48. The third-order valence-corrected chi connectivity index (χ3v) is 5.48. The molecule has 4 nitrogen and oxygen atoms in total. The predicted molar refractivity (Wildman–Crippen MR) is 119 cm³/mol. The standard InChI is InChI=1S/C25H30O4/c1-8-25(6,14-9-10-16(2)3)20-22-17(11-12-19(26)28-22)21(27-7)18-13-15-24(4,5)29-23(18)20/h8,10-13,15H,1,9,14H2,2-7H3/t25-/m1/s1. The van der Waals surface area contributed by atoms with E-state index in [0.717, 1.165) is 29.4 Å².